The molecule has 1 fully saturated rings. The van der Waals surface area contributed by atoms with Crippen LogP contribution >= 0.6 is 0 Å². The van der Waals surface area contributed by atoms with Crippen LogP contribution in [0.2, 0.25) is 0 Å². The quantitative estimate of drug-likeness (QED) is 0.833. The van der Waals surface area contributed by atoms with E-state index in [1.807, 2.05) is 0 Å². The van der Waals surface area contributed by atoms with Gasteiger partial charge in [-0.15, -0.1) is 0 Å². The second-order valence-corrected chi connectivity index (χ2v) is 6.19. The van der Waals surface area contributed by atoms with Crippen LogP contribution in [0.15, 0.2) is 6.33 Å². The van der Waals surface area contributed by atoms with Crippen LogP contribution in [0.25, 0.3) is 0 Å². The Morgan fingerprint density at radius 1 is 1.30 bits per heavy atom. The maximum Gasteiger partial charge on any atom is 0.138 e. The number of aryl methyl sites for hydroxylation is 1. The van der Waals surface area contributed by atoms with Crippen molar-refractivity contribution in [1.82, 2.24) is 20.1 Å². The van der Waals surface area contributed by atoms with Gasteiger partial charge in [-0.05, 0) is 38.1 Å². The van der Waals surface area contributed by atoms with Crippen LogP contribution in [0.4, 0.5) is 0 Å². The Kier molecular flexibility index (Phi) is 6.02. The maximum atomic E-state index is 4.46. The molecule has 0 spiro atoms. The standard InChI is InChI=1S/C16H30N4/c1-4-10-20-16(18-12-19-20)11-15(17-3)14-8-6-13(5-2)7-9-14/h12-15,17H,4-11H2,1-3H3. The molecule has 0 radical (unpaired) electrons. The lowest BCUT2D eigenvalue weighted by molar-refractivity contribution is 0.219. The molecule has 0 bridgehead atoms. The number of nitrogens with one attached hydrogen (secondary N) is 1. The summed E-state index contributed by atoms with van der Waals surface area (Å²) >= 11 is 0. The highest BCUT2D eigenvalue weighted by Crippen LogP contribution is 2.33. The van der Waals surface area contributed by atoms with Crippen LogP contribution in [0, 0.1) is 11.8 Å². The van der Waals surface area contributed by atoms with Crippen LogP contribution in [0.5, 0.6) is 0 Å². The van der Waals surface area contributed by atoms with E-state index in [-0.39, 0.29) is 0 Å². The Balaban J connectivity index is 1.93. The first-order valence-electron chi connectivity index (χ1n) is 8.32. The van der Waals surface area contributed by atoms with Gasteiger partial charge >= 0.3 is 0 Å². The first-order valence-corrected chi connectivity index (χ1v) is 8.32. The highest BCUT2D eigenvalue weighted by molar-refractivity contribution is 4.93. The molecule has 4 nitrogen and oxygen atoms in total. The largest absolute Gasteiger partial charge is 0.316 e. The topological polar surface area (TPSA) is 42.7 Å². The van der Waals surface area contributed by atoms with Gasteiger partial charge in [0.15, 0.2) is 0 Å². The fraction of sp³-hybridized carbons (Fsp3) is 0.875. The summed E-state index contributed by atoms with van der Waals surface area (Å²) in [5, 5.41) is 7.87. The summed E-state index contributed by atoms with van der Waals surface area (Å²) in [5.41, 5.74) is 0. The summed E-state index contributed by atoms with van der Waals surface area (Å²) in [4.78, 5) is 4.46. The predicted octanol–water partition coefficient (Wildman–Crippen LogP) is 3.04. The molecule has 1 aromatic heterocycles. The molecule has 1 heterocycles. The molecule has 114 valence electrons. The summed E-state index contributed by atoms with van der Waals surface area (Å²) in [6.45, 7) is 5.50. The Hall–Kier alpha value is -0.900. The molecular weight excluding hydrogens is 248 g/mol. The molecule has 4 heteroatoms. The molecule has 1 aliphatic carbocycles. The zero-order chi connectivity index (χ0) is 14.4. The smallest absolute Gasteiger partial charge is 0.138 e. The van der Waals surface area contributed by atoms with Crippen molar-refractivity contribution < 1.29 is 0 Å². The van der Waals surface area contributed by atoms with Crippen LogP contribution in [-0.2, 0) is 13.0 Å². The van der Waals surface area contributed by atoms with Gasteiger partial charge in [-0.25, -0.2) is 4.98 Å². The van der Waals surface area contributed by atoms with E-state index in [1.54, 1.807) is 6.33 Å². The molecule has 2 rings (SSSR count). The highest BCUT2D eigenvalue weighted by atomic mass is 15.3. The van der Waals surface area contributed by atoms with Crippen molar-refractivity contribution >= 4 is 0 Å². The fourth-order valence-electron chi connectivity index (χ4n) is 3.54. The number of hydrogen-bond acceptors (Lipinski definition) is 3. The van der Waals surface area contributed by atoms with Gasteiger partial charge in [-0.1, -0.05) is 33.1 Å². The molecule has 1 saturated carbocycles. The molecular formula is C16H30N4. The molecule has 20 heavy (non-hydrogen) atoms. The minimum Gasteiger partial charge on any atom is -0.316 e. The van der Waals surface area contributed by atoms with E-state index >= 15 is 0 Å². The van der Waals surface area contributed by atoms with E-state index in [0.717, 1.165) is 37.0 Å². The summed E-state index contributed by atoms with van der Waals surface area (Å²) in [6.07, 6.45) is 10.7. The molecule has 1 atom stereocenters. The Bertz CT molecular complexity index is 380. The van der Waals surface area contributed by atoms with Crippen molar-refractivity contribution in [3.63, 3.8) is 0 Å². The maximum absolute atomic E-state index is 4.46. The minimum absolute atomic E-state index is 0.549. The normalized spacial score (nSPS) is 24.8. The van der Waals surface area contributed by atoms with Gasteiger partial charge in [0.25, 0.3) is 0 Å². The number of likely N-dealkylation sites (N-methyl/N-ethyl adjacent to an activating group) is 1. The van der Waals surface area contributed by atoms with Crippen molar-refractivity contribution in [2.45, 2.75) is 71.4 Å². The van der Waals surface area contributed by atoms with Crippen LogP contribution < -0.4 is 5.32 Å². The monoisotopic (exact) mass is 278 g/mol. The minimum atomic E-state index is 0.549. The summed E-state index contributed by atoms with van der Waals surface area (Å²) < 4.78 is 2.07. The van der Waals surface area contributed by atoms with Crippen LogP contribution in [-0.4, -0.2) is 27.9 Å². The van der Waals surface area contributed by atoms with E-state index in [2.05, 4.69) is 41.0 Å². The summed E-state index contributed by atoms with van der Waals surface area (Å²) in [5.74, 6) is 2.91. The zero-order valence-electron chi connectivity index (χ0n) is 13.3. The third kappa shape index (κ3) is 3.81. The lowest BCUT2D eigenvalue weighted by Crippen LogP contribution is -2.38. The number of nitrogens with zero attached hydrogens (tertiary/aromatic N) is 3. The highest BCUT2D eigenvalue weighted by Gasteiger charge is 2.27. The molecule has 1 aromatic rings. The van der Waals surface area contributed by atoms with Gasteiger partial charge in [-0.2, -0.15) is 5.10 Å². The average molecular weight is 278 g/mol. The van der Waals surface area contributed by atoms with Crippen molar-refractivity contribution in [3.8, 4) is 0 Å². The van der Waals surface area contributed by atoms with Gasteiger partial charge in [0.1, 0.15) is 12.2 Å². The fourth-order valence-corrected chi connectivity index (χ4v) is 3.54. The van der Waals surface area contributed by atoms with E-state index in [0.29, 0.717) is 6.04 Å². The third-order valence-electron chi connectivity index (χ3n) is 4.94. The molecule has 0 amide bonds. The molecule has 0 aromatic carbocycles. The average Bonchev–Trinajstić information content (AvgIpc) is 2.92. The lowest BCUT2D eigenvalue weighted by atomic mass is 9.77. The van der Waals surface area contributed by atoms with Gasteiger partial charge < -0.3 is 5.32 Å². The Morgan fingerprint density at radius 2 is 2.05 bits per heavy atom. The van der Waals surface area contributed by atoms with E-state index < -0.39 is 0 Å². The van der Waals surface area contributed by atoms with Gasteiger partial charge in [0, 0.05) is 19.0 Å². The zero-order valence-corrected chi connectivity index (χ0v) is 13.3. The Morgan fingerprint density at radius 3 is 2.65 bits per heavy atom. The van der Waals surface area contributed by atoms with E-state index in [1.165, 1.54) is 32.1 Å². The van der Waals surface area contributed by atoms with Gasteiger partial charge in [-0.3, -0.25) is 4.68 Å². The molecule has 1 unspecified atom stereocenters. The first kappa shape index (κ1) is 15.5. The van der Waals surface area contributed by atoms with Gasteiger partial charge in [0.05, 0.1) is 0 Å². The summed E-state index contributed by atoms with van der Waals surface area (Å²) in [7, 11) is 2.09. The second kappa shape index (κ2) is 7.77. The van der Waals surface area contributed by atoms with E-state index in [4.69, 9.17) is 0 Å². The first-order chi connectivity index (χ1) is 9.78. The van der Waals surface area contributed by atoms with Gasteiger partial charge in [0.2, 0.25) is 0 Å². The summed E-state index contributed by atoms with van der Waals surface area (Å²) in [6, 6.07) is 0.549. The van der Waals surface area contributed by atoms with Crippen molar-refractivity contribution in [3.05, 3.63) is 12.2 Å². The second-order valence-electron chi connectivity index (χ2n) is 6.19. The van der Waals surface area contributed by atoms with E-state index in [9.17, 15) is 0 Å². The van der Waals surface area contributed by atoms with Crippen molar-refractivity contribution in [2.75, 3.05) is 7.05 Å². The lowest BCUT2D eigenvalue weighted by Gasteiger charge is -2.33. The predicted molar refractivity (Wildman–Crippen MR) is 82.6 cm³/mol. The SMILES string of the molecule is CCCn1ncnc1CC(NC)C1CCC(CC)CC1. The third-order valence-corrected chi connectivity index (χ3v) is 4.94. The van der Waals surface area contributed by atoms with Crippen LogP contribution in [0.3, 0.4) is 0 Å². The Labute approximate surface area is 123 Å². The van der Waals surface area contributed by atoms with Crippen LogP contribution in [0.1, 0.15) is 58.2 Å². The molecule has 1 N–H and O–H groups in total. The number of hydrogen-bond donors (Lipinski definition) is 1. The number of aromatic nitrogens is 3. The number of rotatable bonds is 7. The molecule has 0 saturated heterocycles. The van der Waals surface area contributed by atoms with Crippen molar-refractivity contribution in [1.29, 1.82) is 0 Å². The molecule has 1 aliphatic rings. The molecule has 0 aliphatic heterocycles. The van der Waals surface area contributed by atoms with Crippen molar-refractivity contribution in [2.24, 2.45) is 11.8 Å².